The summed E-state index contributed by atoms with van der Waals surface area (Å²) in [6, 6.07) is 49.6. The Balaban J connectivity index is 1.68. The van der Waals surface area contributed by atoms with Crippen LogP contribution in [0, 0.1) is 0 Å². The van der Waals surface area contributed by atoms with Gasteiger partial charge in [-0.25, -0.2) is 0 Å². The van der Waals surface area contributed by atoms with Gasteiger partial charge >= 0.3 is 221 Å². The molecule has 6 aromatic carbocycles. The molecule has 2 heteroatoms. The SMILES string of the molecule is BrP1(c2ccccc2)(c2ccccc2)Cc2ccc3ccccc3c2-c2c(ccc3ccccc23)C1. The zero-order valence-corrected chi connectivity index (χ0v) is 22.4. The van der Waals surface area contributed by atoms with Gasteiger partial charge in [0.2, 0.25) is 0 Å². The molecule has 0 nitrogen and oxygen atoms in total. The normalized spacial score (nSPS) is 16.9. The van der Waals surface area contributed by atoms with Crippen molar-refractivity contribution in [2.45, 2.75) is 12.3 Å². The second kappa shape index (κ2) is 8.13. The number of hydrogen-bond donors (Lipinski definition) is 0. The topological polar surface area (TPSA) is 0 Å². The van der Waals surface area contributed by atoms with Crippen molar-refractivity contribution < 1.29 is 0 Å². The molecule has 7 rings (SSSR count). The first-order valence-corrected chi connectivity index (χ1v) is 17.1. The third-order valence-corrected chi connectivity index (χ3v) is 16.9. The standard InChI is InChI=1S/C34H26BrP/c35-36(29-13-3-1-4-14-29,30-15-5-2-6-16-30)23-27-21-19-25-11-7-9-17-31(25)33(27)34-28(24-36)22-20-26-12-8-10-18-32(26)34/h1-22H,23-24H2. The van der Waals surface area contributed by atoms with E-state index in [1.807, 2.05) is 0 Å². The molecule has 1 heterocycles. The summed E-state index contributed by atoms with van der Waals surface area (Å²) in [6.07, 6.45) is 1.95. The molecule has 0 saturated carbocycles. The molecule has 0 bridgehead atoms. The number of hydrogen-bond acceptors (Lipinski definition) is 0. The van der Waals surface area contributed by atoms with Crippen LogP contribution in [-0.2, 0) is 12.3 Å². The Kier molecular flexibility index (Phi) is 4.97. The maximum atomic E-state index is 4.67. The van der Waals surface area contributed by atoms with Crippen LogP contribution >= 0.6 is 20.8 Å². The Labute approximate surface area is 220 Å². The van der Waals surface area contributed by atoms with Crippen molar-refractivity contribution in [3.63, 3.8) is 0 Å². The van der Waals surface area contributed by atoms with E-state index in [1.54, 1.807) is 0 Å². The molecule has 174 valence electrons. The molecular formula is C34H26BrP. The van der Waals surface area contributed by atoms with Crippen LogP contribution in [0.1, 0.15) is 11.1 Å². The van der Waals surface area contributed by atoms with Crippen LogP contribution in [0.2, 0.25) is 0 Å². The van der Waals surface area contributed by atoms with Crippen molar-refractivity contribution in [2.24, 2.45) is 0 Å². The van der Waals surface area contributed by atoms with Crippen LogP contribution < -0.4 is 10.6 Å². The van der Waals surface area contributed by atoms with Crippen molar-refractivity contribution in [3.8, 4) is 11.1 Å². The van der Waals surface area contributed by atoms with Gasteiger partial charge in [-0.15, -0.1) is 0 Å². The fourth-order valence-corrected chi connectivity index (χ4v) is 14.1. The van der Waals surface area contributed by atoms with Gasteiger partial charge in [-0.2, -0.15) is 0 Å². The van der Waals surface area contributed by atoms with Gasteiger partial charge in [0.1, 0.15) is 0 Å². The third kappa shape index (κ3) is 3.16. The van der Waals surface area contributed by atoms with E-state index < -0.39 is 5.31 Å². The molecule has 0 amide bonds. The van der Waals surface area contributed by atoms with Gasteiger partial charge in [-0.1, -0.05) is 0 Å². The van der Waals surface area contributed by atoms with Gasteiger partial charge in [0, 0.05) is 0 Å². The average molecular weight is 545 g/mol. The van der Waals surface area contributed by atoms with Gasteiger partial charge in [-0.3, -0.25) is 0 Å². The Morgan fingerprint density at radius 2 is 0.806 bits per heavy atom. The molecule has 0 atom stereocenters. The van der Waals surface area contributed by atoms with E-state index in [9.17, 15) is 0 Å². The molecule has 0 unspecified atom stereocenters. The van der Waals surface area contributed by atoms with E-state index in [2.05, 4.69) is 149 Å². The molecule has 0 radical (unpaired) electrons. The van der Waals surface area contributed by atoms with Crippen LogP contribution in [0.25, 0.3) is 32.7 Å². The van der Waals surface area contributed by atoms with Crippen LogP contribution in [-0.4, -0.2) is 0 Å². The summed E-state index contributed by atoms with van der Waals surface area (Å²) in [5, 5.41) is 5.23. The van der Waals surface area contributed by atoms with Crippen molar-refractivity contribution in [3.05, 3.63) is 145 Å². The molecule has 0 fully saturated rings. The Morgan fingerprint density at radius 3 is 1.25 bits per heavy atom. The van der Waals surface area contributed by atoms with Crippen LogP contribution in [0.15, 0.2) is 133 Å². The molecule has 36 heavy (non-hydrogen) atoms. The molecule has 0 aliphatic carbocycles. The Morgan fingerprint density at radius 1 is 0.417 bits per heavy atom. The minimum atomic E-state index is -2.87. The summed E-state index contributed by atoms with van der Waals surface area (Å²) in [6.45, 7) is 0. The first kappa shape index (κ1) is 22.0. The van der Waals surface area contributed by atoms with E-state index in [0.717, 1.165) is 12.3 Å². The van der Waals surface area contributed by atoms with Crippen molar-refractivity contribution >= 4 is 52.9 Å². The maximum absolute atomic E-state index is 4.67. The molecule has 0 aromatic heterocycles. The van der Waals surface area contributed by atoms with Crippen molar-refractivity contribution in [2.75, 3.05) is 0 Å². The molecule has 1 aliphatic rings. The van der Waals surface area contributed by atoms with Gasteiger partial charge in [0.15, 0.2) is 0 Å². The summed E-state index contributed by atoms with van der Waals surface area (Å²) in [5.41, 5.74) is 5.65. The molecular weight excluding hydrogens is 519 g/mol. The quantitative estimate of drug-likeness (QED) is 0.190. The first-order valence-electron chi connectivity index (χ1n) is 12.5. The van der Waals surface area contributed by atoms with E-state index in [-0.39, 0.29) is 0 Å². The molecule has 0 spiro atoms. The fourth-order valence-electron chi connectivity index (χ4n) is 6.31. The number of fused-ring (bicyclic) bond motifs is 7. The summed E-state index contributed by atoms with van der Waals surface area (Å²) in [5.74, 6) is 0. The predicted molar refractivity (Wildman–Crippen MR) is 162 cm³/mol. The zero-order valence-electron chi connectivity index (χ0n) is 19.9. The summed E-state index contributed by atoms with van der Waals surface area (Å²) >= 11 is 4.67. The third-order valence-electron chi connectivity index (χ3n) is 7.98. The Hall–Kier alpha value is -3.25. The fraction of sp³-hybridized carbons (Fsp3) is 0.0588. The van der Waals surface area contributed by atoms with Gasteiger partial charge in [0.05, 0.1) is 0 Å². The number of benzene rings is 6. The van der Waals surface area contributed by atoms with Gasteiger partial charge < -0.3 is 0 Å². The van der Waals surface area contributed by atoms with Crippen molar-refractivity contribution in [1.82, 2.24) is 0 Å². The van der Waals surface area contributed by atoms with Crippen molar-refractivity contribution in [1.29, 1.82) is 0 Å². The second-order valence-electron chi connectivity index (χ2n) is 10.0. The first-order chi connectivity index (χ1) is 17.6. The van der Waals surface area contributed by atoms with Crippen LogP contribution in [0.3, 0.4) is 0 Å². The summed E-state index contributed by atoms with van der Waals surface area (Å²) < 4.78 is 0. The van der Waals surface area contributed by atoms with E-state index in [4.69, 9.17) is 0 Å². The minimum absolute atomic E-state index is 0.975. The molecule has 0 saturated heterocycles. The monoisotopic (exact) mass is 544 g/mol. The van der Waals surface area contributed by atoms with Crippen LogP contribution in [0.4, 0.5) is 0 Å². The van der Waals surface area contributed by atoms with Crippen LogP contribution in [0.5, 0.6) is 0 Å². The van der Waals surface area contributed by atoms with Gasteiger partial charge in [-0.05, 0) is 0 Å². The molecule has 6 aromatic rings. The zero-order chi connectivity index (χ0) is 24.2. The van der Waals surface area contributed by atoms with E-state index >= 15 is 0 Å². The van der Waals surface area contributed by atoms with E-state index in [1.165, 1.54) is 54.4 Å². The number of halogens is 1. The average Bonchev–Trinajstić information content (AvgIpc) is 3.07. The summed E-state index contributed by atoms with van der Waals surface area (Å²) in [4.78, 5) is 0. The Bertz CT molecular complexity index is 1620. The predicted octanol–water partition coefficient (Wildman–Crippen LogP) is 9.19. The number of rotatable bonds is 2. The van der Waals surface area contributed by atoms with E-state index in [0.29, 0.717) is 0 Å². The summed E-state index contributed by atoms with van der Waals surface area (Å²) in [7, 11) is 0. The second-order valence-corrected chi connectivity index (χ2v) is 19.6. The van der Waals surface area contributed by atoms with Gasteiger partial charge in [0.25, 0.3) is 0 Å². The molecule has 0 N–H and O–H groups in total. The molecule has 1 aliphatic heterocycles.